The zero-order valence-electron chi connectivity index (χ0n) is 12.5. The van der Waals surface area contributed by atoms with Gasteiger partial charge in [-0.3, -0.25) is 4.79 Å². The van der Waals surface area contributed by atoms with Gasteiger partial charge in [0.1, 0.15) is 0 Å². The number of nitrogens with zero attached hydrogens (tertiary/aromatic N) is 1. The molecule has 0 saturated heterocycles. The van der Waals surface area contributed by atoms with Gasteiger partial charge in [0.2, 0.25) is 0 Å². The molecule has 0 aromatic rings. The first-order valence-electron chi connectivity index (χ1n) is 7.70. The number of hydrogen-bond donors (Lipinski definition) is 2. The SMILES string of the molecule is CC1CCCCC1N(C)C(=O)NC1(CC(=O)O)CCC1. The highest BCUT2D eigenvalue weighted by Crippen LogP contribution is 2.35. The fourth-order valence-corrected chi connectivity index (χ4v) is 3.58. The lowest BCUT2D eigenvalue weighted by molar-refractivity contribution is -0.139. The maximum atomic E-state index is 12.4. The molecule has 2 amide bonds. The van der Waals surface area contributed by atoms with Gasteiger partial charge in [-0.15, -0.1) is 0 Å². The van der Waals surface area contributed by atoms with Gasteiger partial charge in [0.15, 0.2) is 0 Å². The minimum absolute atomic E-state index is 0.0345. The summed E-state index contributed by atoms with van der Waals surface area (Å²) in [6, 6.07) is 0.176. The topological polar surface area (TPSA) is 69.6 Å². The van der Waals surface area contributed by atoms with Gasteiger partial charge in [-0.05, 0) is 38.0 Å². The summed E-state index contributed by atoms with van der Waals surface area (Å²) in [5.74, 6) is -0.310. The van der Waals surface area contributed by atoms with E-state index in [2.05, 4.69) is 12.2 Å². The molecule has 2 saturated carbocycles. The number of carboxylic acids is 1. The predicted molar refractivity (Wildman–Crippen MR) is 76.5 cm³/mol. The average molecular weight is 282 g/mol. The summed E-state index contributed by atoms with van der Waals surface area (Å²) < 4.78 is 0. The van der Waals surface area contributed by atoms with E-state index >= 15 is 0 Å². The Bertz CT molecular complexity index is 379. The lowest BCUT2D eigenvalue weighted by atomic mass is 9.74. The Hall–Kier alpha value is -1.26. The number of hydrogen-bond acceptors (Lipinski definition) is 2. The van der Waals surface area contributed by atoms with Gasteiger partial charge in [0.05, 0.1) is 12.0 Å². The Morgan fingerprint density at radius 2 is 1.90 bits per heavy atom. The third kappa shape index (κ3) is 3.25. The molecule has 0 spiro atoms. The van der Waals surface area contributed by atoms with Gasteiger partial charge >= 0.3 is 12.0 Å². The Balaban J connectivity index is 1.94. The standard InChI is InChI=1S/C15H26N2O3/c1-11-6-3-4-7-12(11)17(2)14(20)16-15(8-5-9-15)10-13(18)19/h11-12H,3-10H2,1-2H3,(H,16,20)(H,18,19). The third-order valence-electron chi connectivity index (χ3n) is 5.06. The van der Waals surface area contributed by atoms with Crippen LogP contribution in [0.5, 0.6) is 0 Å². The maximum absolute atomic E-state index is 12.4. The number of carbonyl (C=O) groups excluding carboxylic acids is 1. The van der Waals surface area contributed by atoms with E-state index in [-0.39, 0.29) is 18.5 Å². The van der Waals surface area contributed by atoms with Crippen LogP contribution >= 0.6 is 0 Å². The molecule has 2 rings (SSSR count). The van der Waals surface area contributed by atoms with Crippen molar-refractivity contribution in [3.05, 3.63) is 0 Å². The fourth-order valence-electron chi connectivity index (χ4n) is 3.58. The molecule has 0 bridgehead atoms. The maximum Gasteiger partial charge on any atom is 0.317 e. The quantitative estimate of drug-likeness (QED) is 0.832. The molecule has 0 heterocycles. The van der Waals surface area contributed by atoms with Crippen LogP contribution in [0.4, 0.5) is 4.79 Å². The molecule has 2 atom stereocenters. The Morgan fingerprint density at radius 1 is 1.25 bits per heavy atom. The van der Waals surface area contributed by atoms with E-state index in [0.717, 1.165) is 25.7 Å². The highest BCUT2D eigenvalue weighted by molar-refractivity contribution is 5.77. The summed E-state index contributed by atoms with van der Waals surface area (Å²) in [7, 11) is 1.84. The first kappa shape index (κ1) is 15.1. The number of aliphatic carboxylic acids is 1. The van der Waals surface area contributed by atoms with Gasteiger partial charge in [-0.2, -0.15) is 0 Å². The molecular formula is C15H26N2O3. The Morgan fingerprint density at radius 3 is 2.40 bits per heavy atom. The normalized spacial score (nSPS) is 28.3. The van der Waals surface area contributed by atoms with Crippen molar-refractivity contribution in [2.24, 2.45) is 5.92 Å². The van der Waals surface area contributed by atoms with Crippen molar-refractivity contribution in [3.63, 3.8) is 0 Å². The highest BCUT2D eigenvalue weighted by atomic mass is 16.4. The average Bonchev–Trinajstić information content (AvgIpc) is 2.35. The van der Waals surface area contributed by atoms with E-state index in [1.807, 2.05) is 7.05 Å². The van der Waals surface area contributed by atoms with Crippen molar-refractivity contribution in [2.45, 2.75) is 69.9 Å². The van der Waals surface area contributed by atoms with Crippen molar-refractivity contribution >= 4 is 12.0 Å². The number of rotatable bonds is 4. The predicted octanol–water partition coefficient (Wildman–Crippen LogP) is 2.60. The van der Waals surface area contributed by atoms with Crippen molar-refractivity contribution < 1.29 is 14.7 Å². The van der Waals surface area contributed by atoms with E-state index < -0.39 is 11.5 Å². The molecule has 2 unspecified atom stereocenters. The van der Waals surface area contributed by atoms with Crippen LogP contribution in [0.1, 0.15) is 58.3 Å². The first-order valence-corrected chi connectivity index (χ1v) is 7.70. The van der Waals surface area contributed by atoms with Crippen LogP contribution in [0.2, 0.25) is 0 Å². The molecule has 0 radical (unpaired) electrons. The molecule has 20 heavy (non-hydrogen) atoms. The lowest BCUT2D eigenvalue weighted by Crippen LogP contribution is -2.59. The molecule has 0 aliphatic heterocycles. The smallest absolute Gasteiger partial charge is 0.317 e. The zero-order valence-corrected chi connectivity index (χ0v) is 12.5. The Kier molecular flexibility index (Phi) is 4.55. The summed E-state index contributed by atoms with van der Waals surface area (Å²) in [5.41, 5.74) is -0.505. The van der Waals surface area contributed by atoms with Crippen LogP contribution < -0.4 is 5.32 Å². The van der Waals surface area contributed by atoms with Gasteiger partial charge in [0, 0.05) is 13.1 Å². The second-order valence-electron chi connectivity index (χ2n) is 6.57. The van der Waals surface area contributed by atoms with Crippen LogP contribution in [0.3, 0.4) is 0 Å². The van der Waals surface area contributed by atoms with E-state index in [1.165, 1.54) is 19.3 Å². The molecule has 0 aromatic carbocycles. The number of urea groups is 1. The van der Waals surface area contributed by atoms with E-state index in [1.54, 1.807) is 4.90 Å². The lowest BCUT2D eigenvalue weighted by Gasteiger charge is -2.44. The van der Waals surface area contributed by atoms with E-state index in [9.17, 15) is 9.59 Å². The van der Waals surface area contributed by atoms with Crippen molar-refractivity contribution in [1.82, 2.24) is 10.2 Å². The van der Waals surface area contributed by atoms with Crippen molar-refractivity contribution in [2.75, 3.05) is 7.05 Å². The molecular weight excluding hydrogens is 256 g/mol. The molecule has 2 N–H and O–H groups in total. The van der Waals surface area contributed by atoms with Crippen LogP contribution in [-0.2, 0) is 4.79 Å². The second kappa shape index (κ2) is 6.02. The number of nitrogens with one attached hydrogen (secondary N) is 1. The number of carboxylic acid groups (broad SMARTS) is 1. The van der Waals surface area contributed by atoms with E-state index in [4.69, 9.17) is 5.11 Å². The fraction of sp³-hybridized carbons (Fsp3) is 0.867. The van der Waals surface area contributed by atoms with Crippen molar-refractivity contribution in [3.8, 4) is 0 Å². The van der Waals surface area contributed by atoms with Crippen LogP contribution in [0.15, 0.2) is 0 Å². The summed E-state index contributed by atoms with van der Waals surface area (Å²) in [5, 5.41) is 12.0. The molecule has 5 heteroatoms. The molecule has 2 aliphatic carbocycles. The van der Waals surface area contributed by atoms with E-state index in [0.29, 0.717) is 5.92 Å². The molecule has 2 aliphatic rings. The molecule has 0 aromatic heterocycles. The highest BCUT2D eigenvalue weighted by Gasteiger charge is 2.41. The van der Waals surface area contributed by atoms with Gasteiger partial charge < -0.3 is 15.3 Å². The zero-order chi connectivity index (χ0) is 14.8. The number of carbonyl (C=O) groups is 2. The molecule has 2 fully saturated rings. The third-order valence-corrected chi connectivity index (χ3v) is 5.06. The van der Waals surface area contributed by atoms with Gasteiger partial charge in [-0.1, -0.05) is 19.8 Å². The van der Waals surface area contributed by atoms with Gasteiger partial charge in [0.25, 0.3) is 0 Å². The summed E-state index contributed by atoms with van der Waals surface area (Å²) in [6.07, 6.45) is 7.23. The van der Waals surface area contributed by atoms with Crippen LogP contribution in [0.25, 0.3) is 0 Å². The minimum atomic E-state index is -0.835. The second-order valence-corrected chi connectivity index (χ2v) is 6.57. The summed E-state index contributed by atoms with van der Waals surface area (Å²) in [6.45, 7) is 2.20. The Labute approximate surface area is 120 Å². The molecule has 5 nitrogen and oxygen atoms in total. The van der Waals surface area contributed by atoms with Gasteiger partial charge in [-0.25, -0.2) is 4.79 Å². The summed E-state index contributed by atoms with van der Waals surface area (Å²) >= 11 is 0. The van der Waals surface area contributed by atoms with Crippen LogP contribution in [-0.4, -0.2) is 40.6 Å². The number of amides is 2. The first-order chi connectivity index (χ1) is 9.43. The van der Waals surface area contributed by atoms with Crippen LogP contribution in [0, 0.1) is 5.92 Å². The largest absolute Gasteiger partial charge is 0.481 e. The molecule has 114 valence electrons. The summed E-state index contributed by atoms with van der Waals surface area (Å²) in [4.78, 5) is 25.1. The van der Waals surface area contributed by atoms with Crippen molar-refractivity contribution in [1.29, 1.82) is 0 Å². The minimum Gasteiger partial charge on any atom is -0.481 e. The monoisotopic (exact) mass is 282 g/mol.